The van der Waals surface area contributed by atoms with Crippen LogP contribution in [0.25, 0.3) is 0 Å². The summed E-state index contributed by atoms with van der Waals surface area (Å²) >= 11 is 0. The van der Waals surface area contributed by atoms with Crippen LogP contribution in [0.5, 0.6) is 0 Å². The maximum atomic E-state index is 5.36. The molecule has 0 aliphatic carbocycles. The molecule has 0 bridgehead atoms. The highest BCUT2D eigenvalue weighted by Gasteiger charge is 2.12. The third-order valence-electron chi connectivity index (χ3n) is 1.23. The molecule has 0 aliphatic rings. The van der Waals surface area contributed by atoms with Gasteiger partial charge in [-0.2, -0.15) is 0 Å². The highest BCUT2D eigenvalue weighted by molar-refractivity contribution is 6.32. The van der Waals surface area contributed by atoms with Crippen molar-refractivity contribution in [1.82, 2.24) is 0 Å². The number of allylic oxidation sites excluding steroid dienone is 1. The van der Waals surface area contributed by atoms with Crippen LogP contribution >= 0.6 is 0 Å². The van der Waals surface area contributed by atoms with Crippen LogP contribution in [-0.4, -0.2) is 16.4 Å². The minimum atomic E-state index is -0.379. The van der Waals surface area contributed by atoms with Crippen LogP contribution in [-0.2, 0) is 4.43 Å². The second-order valence-electron chi connectivity index (χ2n) is 2.83. The molecule has 0 aromatic rings. The Morgan fingerprint density at radius 1 is 1.67 bits per heavy atom. The van der Waals surface area contributed by atoms with Gasteiger partial charge in [-0.3, -0.25) is 0 Å². The molecule has 54 valence electrons. The number of hydrogen-bond donors (Lipinski definition) is 0. The molecule has 0 saturated carbocycles. The van der Waals surface area contributed by atoms with E-state index in [1.165, 1.54) is 0 Å². The Hall–Kier alpha value is -0.0831. The fourth-order valence-electron chi connectivity index (χ4n) is 0.424. The van der Waals surface area contributed by atoms with Gasteiger partial charge in [0.25, 0.3) is 0 Å². The zero-order valence-electron chi connectivity index (χ0n) is 6.61. The van der Waals surface area contributed by atoms with Crippen molar-refractivity contribution in [3.8, 4) is 0 Å². The van der Waals surface area contributed by atoms with Gasteiger partial charge in [-0.15, -0.1) is 6.58 Å². The van der Waals surface area contributed by atoms with Gasteiger partial charge in [0.05, 0.1) is 0 Å². The van der Waals surface area contributed by atoms with Crippen LogP contribution in [0.4, 0.5) is 0 Å². The SMILES string of the molecule is C=CC(C)(C)[SiH2]OCC. The van der Waals surface area contributed by atoms with E-state index in [-0.39, 0.29) is 14.8 Å². The van der Waals surface area contributed by atoms with Crippen molar-refractivity contribution in [1.29, 1.82) is 0 Å². The highest BCUT2D eigenvalue weighted by Crippen LogP contribution is 2.22. The average molecular weight is 144 g/mol. The zero-order chi connectivity index (χ0) is 7.33. The molecule has 0 saturated heterocycles. The second kappa shape index (κ2) is 3.85. The van der Waals surface area contributed by atoms with E-state index in [1.54, 1.807) is 0 Å². The Bertz CT molecular complexity index is 88.9. The van der Waals surface area contributed by atoms with Crippen LogP contribution in [0, 0.1) is 0 Å². The summed E-state index contributed by atoms with van der Waals surface area (Å²) in [6.07, 6.45) is 1.98. The van der Waals surface area contributed by atoms with Crippen LogP contribution < -0.4 is 0 Å². The van der Waals surface area contributed by atoms with Crippen molar-refractivity contribution in [2.75, 3.05) is 6.61 Å². The summed E-state index contributed by atoms with van der Waals surface area (Å²) in [5, 5.41) is 0.274. The Labute approximate surface area is 60.1 Å². The predicted molar refractivity (Wildman–Crippen MR) is 44.4 cm³/mol. The van der Waals surface area contributed by atoms with Gasteiger partial charge in [0, 0.05) is 6.61 Å². The molecular weight excluding hydrogens is 128 g/mol. The van der Waals surface area contributed by atoms with Crippen molar-refractivity contribution in [2.45, 2.75) is 25.8 Å². The van der Waals surface area contributed by atoms with Gasteiger partial charge in [0.1, 0.15) is 0 Å². The summed E-state index contributed by atoms with van der Waals surface area (Å²) < 4.78 is 5.36. The van der Waals surface area contributed by atoms with Gasteiger partial charge in [-0.1, -0.05) is 19.9 Å². The molecular formula is C7H16OSi. The molecule has 0 spiro atoms. The molecule has 0 unspecified atom stereocenters. The minimum absolute atomic E-state index is 0.274. The molecule has 0 radical (unpaired) electrons. The van der Waals surface area contributed by atoms with Crippen molar-refractivity contribution >= 4 is 9.76 Å². The maximum absolute atomic E-state index is 5.36. The van der Waals surface area contributed by atoms with Crippen molar-refractivity contribution in [3.05, 3.63) is 12.7 Å². The third-order valence-corrected chi connectivity index (χ3v) is 2.88. The number of hydrogen-bond acceptors (Lipinski definition) is 1. The Balaban J connectivity index is 3.45. The molecule has 0 aromatic heterocycles. The van der Waals surface area contributed by atoms with E-state index in [9.17, 15) is 0 Å². The summed E-state index contributed by atoms with van der Waals surface area (Å²) in [5.74, 6) is 0. The topological polar surface area (TPSA) is 9.23 Å². The maximum Gasteiger partial charge on any atom is 0.170 e. The summed E-state index contributed by atoms with van der Waals surface area (Å²) in [6, 6.07) is 0. The van der Waals surface area contributed by atoms with Crippen molar-refractivity contribution in [3.63, 3.8) is 0 Å². The van der Waals surface area contributed by atoms with Crippen molar-refractivity contribution in [2.24, 2.45) is 0 Å². The average Bonchev–Trinajstić information content (AvgIpc) is 1.84. The highest BCUT2D eigenvalue weighted by atomic mass is 28.2. The monoisotopic (exact) mass is 144 g/mol. The summed E-state index contributed by atoms with van der Waals surface area (Å²) in [5.41, 5.74) is 0. The first-order valence-electron chi connectivity index (χ1n) is 3.33. The fraction of sp³-hybridized carbons (Fsp3) is 0.714. The van der Waals surface area contributed by atoms with Gasteiger partial charge in [-0.25, -0.2) is 0 Å². The fourth-order valence-corrected chi connectivity index (χ4v) is 1.27. The van der Waals surface area contributed by atoms with Crippen LogP contribution in [0.1, 0.15) is 20.8 Å². The molecule has 0 N–H and O–H groups in total. The first-order valence-corrected chi connectivity index (χ1v) is 4.62. The predicted octanol–water partition coefficient (Wildman–Crippen LogP) is 1.49. The lowest BCUT2D eigenvalue weighted by Crippen LogP contribution is -2.13. The first kappa shape index (κ1) is 8.92. The molecule has 0 heterocycles. The second-order valence-corrected chi connectivity index (χ2v) is 5.35. The van der Waals surface area contributed by atoms with Crippen molar-refractivity contribution < 1.29 is 4.43 Å². The van der Waals surface area contributed by atoms with Crippen LogP contribution in [0.15, 0.2) is 12.7 Å². The summed E-state index contributed by atoms with van der Waals surface area (Å²) in [7, 11) is -0.379. The molecule has 1 nitrogen and oxygen atoms in total. The van der Waals surface area contributed by atoms with Gasteiger partial charge in [0.15, 0.2) is 9.76 Å². The van der Waals surface area contributed by atoms with E-state index in [4.69, 9.17) is 4.43 Å². The lowest BCUT2D eigenvalue weighted by Gasteiger charge is -2.17. The van der Waals surface area contributed by atoms with E-state index in [2.05, 4.69) is 20.4 Å². The number of rotatable bonds is 4. The van der Waals surface area contributed by atoms with Gasteiger partial charge >= 0.3 is 0 Å². The Morgan fingerprint density at radius 2 is 2.22 bits per heavy atom. The zero-order valence-corrected chi connectivity index (χ0v) is 8.02. The molecule has 0 amide bonds. The quantitative estimate of drug-likeness (QED) is 0.429. The Morgan fingerprint density at radius 3 is 2.56 bits per heavy atom. The standard InChI is InChI=1S/C7H16OSi/c1-5-7(3,4)9-8-6-2/h5H,1,6,9H2,2-4H3. The minimum Gasteiger partial charge on any atom is -0.423 e. The van der Waals surface area contributed by atoms with Crippen LogP contribution in [0.3, 0.4) is 0 Å². The third kappa shape index (κ3) is 4.42. The molecule has 0 aliphatic heterocycles. The normalized spacial score (nSPS) is 12.8. The van der Waals surface area contributed by atoms with E-state index < -0.39 is 0 Å². The molecule has 0 fully saturated rings. The molecule has 2 heteroatoms. The Kier molecular flexibility index (Phi) is 3.82. The van der Waals surface area contributed by atoms with E-state index in [1.807, 2.05) is 13.0 Å². The molecule has 0 rings (SSSR count). The van der Waals surface area contributed by atoms with Gasteiger partial charge < -0.3 is 4.43 Å². The molecule has 0 atom stereocenters. The van der Waals surface area contributed by atoms with E-state index in [0.29, 0.717) is 0 Å². The van der Waals surface area contributed by atoms with Gasteiger partial charge in [-0.05, 0) is 12.0 Å². The lowest BCUT2D eigenvalue weighted by atomic mass is 10.2. The summed E-state index contributed by atoms with van der Waals surface area (Å²) in [4.78, 5) is 0. The van der Waals surface area contributed by atoms with E-state index in [0.717, 1.165) is 6.61 Å². The van der Waals surface area contributed by atoms with Crippen LogP contribution in [0.2, 0.25) is 5.04 Å². The molecule has 0 aromatic carbocycles. The smallest absolute Gasteiger partial charge is 0.170 e. The summed E-state index contributed by atoms with van der Waals surface area (Å²) in [6.45, 7) is 11.0. The molecule has 9 heavy (non-hydrogen) atoms. The lowest BCUT2D eigenvalue weighted by molar-refractivity contribution is 0.348. The van der Waals surface area contributed by atoms with Gasteiger partial charge in [0.2, 0.25) is 0 Å². The van der Waals surface area contributed by atoms with E-state index >= 15 is 0 Å². The first-order chi connectivity index (χ1) is 4.12. The largest absolute Gasteiger partial charge is 0.423 e.